The van der Waals surface area contributed by atoms with Crippen LogP contribution in [0.25, 0.3) is 0 Å². The zero-order valence-corrected chi connectivity index (χ0v) is 63.3. The highest BCUT2D eigenvalue weighted by Gasteiger charge is 2.21. The van der Waals surface area contributed by atoms with Gasteiger partial charge in [-0.05, 0) is 207 Å². The molecule has 0 aromatic carbocycles. The molecule has 0 aromatic heterocycles. The van der Waals surface area contributed by atoms with Crippen molar-refractivity contribution in [1.29, 1.82) is 0 Å². The van der Waals surface area contributed by atoms with Gasteiger partial charge in [-0.2, -0.15) is 0 Å². The second kappa shape index (κ2) is 63.8. The highest BCUT2D eigenvalue weighted by molar-refractivity contribution is 4.77. The van der Waals surface area contributed by atoms with E-state index in [-0.39, 0.29) is 0 Å². The molecular weight excluding hydrogens is 1080 g/mol. The molecule has 0 saturated carbocycles. The lowest BCUT2D eigenvalue weighted by atomic mass is 10.3. The standard InChI is InChI=1S/C74H164N14/c1-17-33-75(34-18-2)49-56-82(47-31-15)58-65-86(64-55-81(45-29-13)46-30-14)69-73-88(72-68-85(62-53-79(41-25-9)42-26-10)63-54-80(43-27-11)44-28-12)74-71-87(66-59-83(48-32-16)57-50-76(35-19-3)36-20-4)70-67-84(60-51-77(37-21-5)38-22-6)61-52-78(39-23-7)40-24-8/h17-74H2,1-16H3. The summed E-state index contributed by atoms with van der Waals surface area (Å²) in [5, 5.41) is 0. The highest BCUT2D eigenvalue weighted by Crippen LogP contribution is 2.09. The molecule has 14 nitrogen and oxygen atoms in total. The van der Waals surface area contributed by atoms with Gasteiger partial charge in [0, 0.05) is 170 Å². The van der Waals surface area contributed by atoms with Gasteiger partial charge in [0.1, 0.15) is 0 Å². The quantitative estimate of drug-likeness (QED) is 0.0581. The molecule has 0 N–H and O–H groups in total. The van der Waals surface area contributed by atoms with Crippen molar-refractivity contribution < 1.29 is 0 Å². The molecule has 0 amide bonds. The molecule has 14 heteroatoms. The Balaban J connectivity index is 7.66. The topological polar surface area (TPSA) is 45.4 Å². The van der Waals surface area contributed by atoms with E-state index in [1.54, 1.807) is 0 Å². The third-order valence-electron chi connectivity index (χ3n) is 18.2. The first-order valence-electron chi connectivity index (χ1n) is 39.1. The fourth-order valence-corrected chi connectivity index (χ4v) is 13.4. The van der Waals surface area contributed by atoms with Crippen LogP contribution >= 0.6 is 0 Å². The molecule has 0 aliphatic rings. The Kier molecular flexibility index (Phi) is 63.4. The maximum absolute atomic E-state index is 2.97. The van der Waals surface area contributed by atoms with Crippen molar-refractivity contribution in [3.05, 3.63) is 0 Å². The number of nitrogens with zero attached hydrogens (tertiary/aromatic N) is 14. The lowest BCUT2D eigenvalue weighted by Crippen LogP contribution is -2.49. The van der Waals surface area contributed by atoms with E-state index in [2.05, 4.69) is 179 Å². The van der Waals surface area contributed by atoms with Crippen molar-refractivity contribution in [1.82, 2.24) is 68.6 Å². The van der Waals surface area contributed by atoms with Crippen molar-refractivity contribution in [2.45, 2.75) is 214 Å². The Morgan fingerprint density at radius 3 is 0.182 bits per heavy atom. The first kappa shape index (κ1) is 87.4. The second-order valence-corrected chi connectivity index (χ2v) is 26.8. The SMILES string of the molecule is CCCN(CCC)CCN(CCC)CCN(CCN(CCC)CCC)CCN(CCN(CCN(CCC)CCC)CCN(CCC)CCC)CCN(CCN(CCC)CCN(CCC)CCC)CCN(CCN(CCC)CCC)CCN(CCC)CCC. The van der Waals surface area contributed by atoms with E-state index in [0.717, 1.165) is 78.5 Å². The summed E-state index contributed by atoms with van der Waals surface area (Å²) in [5.74, 6) is 0. The van der Waals surface area contributed by atoms with E-state index in [1.807, 2.05) is 0 Å². The highest BCUT2D eigenvalue weighted by atomic mass is 15.3. The van der Waals surface area contributed by atoms with Crippen molar-refractivity contribution in [3.63, 3.8) is 0 Å². The summed E-state index contributed by atoms with van der Waals surface area (Å²) in [6.45, 7) is 87.7. The molecule has 0 aromatic rings. The third kappa shape index (κ3) is 48.2. The van der Waals surface area contributed by atoms with Crippen LogP contribution in [0.3, 0.4) is 0 Å². The second-order valence-electron chi connectivity index (χ2n) is 26.8. The first-order chi connectivity index (χ1) is 43.0. The van der Waals surface area contributed by atoms with Crippen molar-refractivity contribution in [2.24, 2.45) is 0 Å². The van der Waals surface area contributed by atoms with Crippen LogP contribution in [0.15, 0.2) is 0 Å². The molecule has 0 spiro atoms. The molecular formula is C74H164N14. The normalized spacial score (nSPS) is 12.8. The minimum atomic E-state index is 1.14. The fourth-order valence-electron chi connectivity index (χ4n) is 13.4. The molecule has 0 aliphatic heterocycles. The predicted molar refractivity (Wildman–Crippen MR) is 395 cm³/mol. The van der Waals surface area contributed by atoms with Crippen LogP contribution in [-0.2, 0) is 0 Å². The van der Waals surface area contributed by atoms with Crippen LogP contribution in [0.1, 0.15) is 214 Å². The van der Waals surface area contributed by atoms with Gasteiger partial charge in [0.15, 0.2) is 0 Å². The molecule has 0 saturated heterocycles. The summed E-state index contributed by atoms with van der Waals surface area (Å²) in [6, 6.07) is 0. The van der Waals surface area contributed by atoms with E-state index in [9.17, 15) is 0 Å². The summed E-state index contributed by atoms with van der Waals surface area (Å²) in [4.78, 5) is 39.6. The number of hydrogen-bond acceptors (Lipinski definition) is 14. The number of rotatable bonds is 71. The molecule has 0 heterocycles. The zero-order valence-electron chi connectivity index (χ0n) is 63.3. The maximum atomic E-state index is 2.97. The summed E-state index contributed by atoms with van der Waals surface area (Å²) >= 11 is 0. The average Bonchev–Trinajstić information content (AvgIpc) is 3.59. The summed E-state index contributed by atoms with van der Waals surface area (Å²) < 4.78 is 0. The molecule has 0 rings (SSSR count). The van der Waals surface area contributed by atoms with Gasteiger partial charge in [-0.3, -0.25) is 24.5 Å². The molecule has 0 fully saturated rings. The van der Waals surface area contributed by atoms with Gasteiger partial charge >= 0.3 is 0 Å². The zero-order chi connectivity index (χ0) is 65.1. The van der Waals surface area contributed by atoms with Gasteiger partial charge in [-0.1, -0.05) is 111 Å². The molecule has 0 radical (unpaired) electrons. The summed E-state index contributed by atoms with van der Waals surface area (Å²) in [7, 11) is 0. The fraction of sp³-hybridized carbons (Fsp3) is 1.00. The van der Waals surface area contributed by atoms with Crippen LogP contribution in [0.4, 0.5) is 0 Å². The van der Waals surface area contributed by atoms with Gasteiger partial charge in [0.25, 0.3) is 0 Å². The van der Waals surface area contributed by atoms with Gasteiger partial charge in [0.05, 0.1) is 0 Å². The largest absolute Gasteiger partial charge is 0.302 e. The van der Waals surface area contributed by atoms with Gasteiger partial charge in [0.2, 0.25) is 0 Å². The Labute approximate surface area is 554 Å². The Morgan fingerprint density at radius 2 is 0.125 bits per heavy atom. The van der Waals surface area contributed by atoms with E-state index < -0.39 is 0 Å². The maximum Gasteiger partial charge on any atom is 0.0110 e. The predicted octanol–water partition coefficient (Wildman–Crippen LogP) is 11.8. The Morgan fingerprint density at radius 1 is 0.0795 bits per heavy atom. The number of hydrogen-bond donors (Lipinski definition) is 0. The van der Waals surface area contributed by atoms with Crippen LogP contribution in [0.2, 0.25) is 0 Å². The van der Waals surface area contributed by atoms with Crippen molar-refractivity contribution in [2.75, 3.05) is 275 Å². The third-order valence-corrected chi connectivity index (χ3v) is 18.2. The van der Waals surface area contributed by atoms with E-state index >= 15 is 0 Å². The first-order valence-corrected chi connectivity index (χ1v) is 39.1. The van der Waals surface area contributed by atoms with E-state index in [0.29, 0.717) is 0 Å². The Hall–Kier alpha value is -0.560. The van der Waals surface area contributed by atoms with Crippen LogP contribution in [-0.4, -0.2) is 343 Å². The van der Waals surface area contributed by atoms with Crippen LogP contribution in [0.5, 0.6) is 0 Å². The molecule has 0 aliphatic carbocycles. The van der Waals surface area contributed by atoms with Crippen molar-refractivity contribution >= 4 is 0 Å². The molecule has 0 unspecified atom stereocenters. The van der Waals surface area contributed by atoms with Crippen LogP contribution < -0.4 is 0 Å². The van der Waals surface area contributed by atoms with E-state index in [1.165, 1.54) is 299 Å². The molecule has 0 bridgehead atoms. The minimum Gasteiger partial charge on any atom is -0.302 e. The molecule has 88 heavy (non-hydrogen) atoms. The molecule has 0 atom stereocenters. The van der Waals surface area contributed by atoms with Crippen molar-refractivity contribution in [3.8, 4) is 0 Å². The van der Waals surface area contributed by atoms with Gasteiger partial charge in [-0.15, -0.1) is 0 Å². The lowest BCUT2D eigenvalue weighted by molar-refractivity contribution is 0.114. The van der Waals surface area contributed by atoms with Crippen LogP contribution in [0, 0.1) is 0 Å². The van der Waals surface area contributed by atoms with E-state index in [4.69, 9.17) is 0 Å². The summed E-state index contributed by atoms with van der Waals surface area (Å²) in [5.41, 5.74) is 0. The van der Waals surface area contributed by atoms with Gasteiger partial charge in [-0.25, -0.2) is 0 Å². The lowest BCUT2D eigenvalue weighted by Gasteiger charge is -2.36. The minimum absolute atomic E-state index is 1.14. The van der Waals surface area contributed by atoms with Gasteiger partial charge < -0.3 is 44.1 Å². The monoisotopic (exact) mass is 1250 g/mol. The Bertz CT molecular complexity index is 1300. The smallest absolute Gasteiger partial charge is 0.0110 e. The molecule has 530 valence electrons. The summed E-state index contributed by atoms with van der Waals surface area (Å²) in [6.07, 6.45) is 19.8. The average molecular weight is 1250 g/mol.